The summed E-state index contributed by atoms with van der Waals surface area (Å²) < 4.78 is 30.5. The van der Waals surface area contributed by atoms with E-state index in [2.05, 4.69) is 18.2 Å². The molecule has 1 aliphatic rings. The predicted octanol–water partition coefficient (Wildman–Crippen LogP) is 3.60. The van der Waals surface area contributed by atoms with Gasteiger partial charge in [-0.3, -0.25) is 0 Å². The Labute approximate surface area is 128 Å². The van der Waals surface area contributed by atoms with Crippen LogP contribution in [0.3, 0.4) is 0 Å². The Hall–Kier alpha value is -0.381. The quantitative estimate of drug-likeness (QED) is 0.551. The van der Waals surface area contributed by atoms with E-state index in [1.165, 1.54) is 36.5 Å². The van der Waals surface area contributed by atoms with Gasteiger partial charge in [-0.2, -0.15) is 0 Å². The van der Waals surface area contributed by atoms with Gasteiger partial charge < -0.3 is 0 Å². The molecule has 0 bridgehead atoms. The molecule has 112 valence electrons. The van der Waals surface area contributed by atoms with Crippen LogP contribution in [-0.2, 0) is 10.0 Å². The Balaban J connectivity index is 2.01. The Morgan fingerprint density at radius 2 is 1.65 bits per heavy atom. The SMILES string of the molecule is CCCCCCCCC1=NS(=O)(=O)c2c(C)[se]c(C)c21. The first kappa shape index (κ1) is 16.0. The Morgan fingerprint density at radius 1 is 1.00 bits per heavy atom. The van der Waals surface area contributed by atoms with Gasteiger partial charge in [0.1, 0.15) is 0 Å². The number of sulfonamides is 1. The second kappa shape index (κ2) is 6.59. The Morgan fingerprint density at radius 3 is 2.35 bits per heavy atom. The fraction of sp³-hybridized carbons (Fsp3) is 0.667. The molecule has 0 aromatic carbocycles. The zero-order valence-electron chi connectivity index (χ0n) is 12.5. The number of aryl methyl sites for hydroxylation is 2. The molecule has 0 saturated carbocycles. The summed E-state index contributed by atoms with van der Waals surface area (Å²) in [6.45, 7) is 6.21. The standard InChI is InChI=1S/C15H23NO2SSe/c1-4-5-6-7-8-9-10-13-14-11(2)20-12(3)15(14)19(17,18)16-13/h4-10H2,1-3H3. The molecule has 0 radical (unpaired) electrons. The molecule has 3 nitrogen and oxygen atoms in total. The third kappa shape index (κ3) is 3.26. The molecule has 20 heavy (non-hydrogen) atoms. The summed E-state index contributed by atoms with van der Waals surface area (Å²) >= 11 is 0.208. The van der Waals surface area contributed by atoms with Crippen LogP contribution in [0, 0.1) is 13.8 Å². The van der Waals surface area contributed by atoms with Crippen LogP contribution in [0.15, 0.2) is 9.29 Å². The molecule has 0 spiro atoms. The van der Waals surface area contributed by atoms with E-state index in [0.717, 1.165) is 28.6 Å². The predicted molar refractivity (Wildman–Crippen MR) is 84.6 cm³/mol. The first-order valence-corrected chi connectivity index (χ1v) is 10.6. The minimum absolute atomic E-state index is 0.208. The van der Waals surface area contributed by atoms with Crippen molar-refractivity contribution in [2.45, 2.75) is 70.6 Å². The molecule has 1 aromatic rings. The van der Waals surface area contributed by atoms with Crippen LogP contribution in [0.1, 0.15) is 66.3 Å². The first-order chi connectivity index (χ1) is 9.47. The average molecular weight is 360 g/mol. The molecule has 2 heterocycles. The zero-order chi connectivity index (χ0) is 14.8. The Kier molecular flexibility index (Phi) is 5.27. The molecular weight excluding hydrogens is 337 g/mol. The van der Waals surface area contributed by atoms with Crippen molar-refractivity contribution in [2.75, 3.05) is 0 Å². The number of fused-ring (bicyclic) bond motifs is 1. The summed E-state index contributed by atoms with van der Waals surface area (Å²) in [6.07, 6.45) is 8.13. The third-order valence-corrected chi connectivity index (χ3v) is 7.67. The maximum atomic E-state index is 12.1. The molecule has 5 heteroatoms. The second-order valence-corrected chi connectivity index (χ2v) is 9.99. The number of rotatable bonds is 7. The van der Waals surface area contributed by atoms with Gasteiger partial charge in [0.2, 0.25) is 0 Å². The fourth-order valence-corrected chi connectivity index (χ4v) is 7.32. The second-order valence-electron chi connectivity index (χ2n) is 5.45. The average Bonchev–Trinajstić information content (AvgIpc) is 2.81. The van der Waals surface area contributed by atoms with Crippen LogP contribution in [-0.4, -0.2) is 28.6 Å². The van der Waals surface area contributed by atoms with Crippen molar-refractivity contribution in [3.8, 4) is 0 Å². The number of unbranched alkanes of at least 4 members (excludes halogenated alkanes) is 5. The van der Waals surface area contributed by atoms with E-state index in [1.807, 2.05) is 6.92 Å². The van der Waals surface area contributed by atoms with Gasteiger partial charge in [0.25, 0.3) is 0 Å². The van der Waals surface area contributed by atoms with Gasteiger partial charge in [-0.1, -0.05) is 0 Å². The molecular formula is C15H23NO2SSe. The molecule has 1 aliphatic heterocycles. The summed E-state index contributed by atoms with van der Waals surface area (Å²) in [5.41, 5.74) is 1.79. The van der Waals surface area contributed by atoms with Crippen LogP contribution < -0.4 is 0 Å². The monoisotopic (exact) mass is 361 g/mol. The van der Waals surface area contributed by atoms with Gasteiger partial charge in [0, 0.05) is 0 Å². The summed E-state index contributed by atoms with van der Waals surface area (Å²) in [4.78, 5) is 0.538. The van der Waals surface area contributed by atoms with Gasteiger partial charge in [0.05, 0.1) is 0 Å². The van der Waals surface area contributed by atoms with Gasteiger partial charge >= 0.3 is 128 Å². The molecule has 0 saturated heterocycles. The molecule has 0 amide bonds. The number of nitrogens with zero attached hydrogens (tertiary/aromatic N) is 1. The van der Waals surface area contributed by atoms with Crippen LogP contribution in [0.25, 0.3) is 0 Å². The van der Waals surface area contributed by atoms with Crippen LogP contribution in [0.5, 0.6) is 0 Å². The van der Waals surface area contributed by atoms with Crippen molar-refractivity contribution in [3.63, 3.8) is 0 Å². The van der Waals surface area contributed by atoms with Crippen molar-refractivity contribution in [1.29, 1.82) is 0 Å². The number of hydrogen-bond acceptors (Lipinski definition) is 2. The van der Waals surface area contributed by atoms with Crippen LogP contribution >= 0.6 is 0 Å². The van der Waals surface area contributed by atoms with Gasteiger partial charge in [-0.15, -0.1) is 0 Å². The normalized spacial score (nSPS) is 16.2. The molecule has 0 N–H and O–H groups in total. The van der Waals surface area contributed by atoms with E-state index < -0.39 is 10.0 Å². The summed E-state index contributed by atoms with van der Waals surface area (Å²) in [7, 11) is -3.38. The summed E-state index contributed by atoms with van der Waals surface area (Å²) in [5.74, 6) is 0. The third-order valence-electron chi connectivity index (χ3n) is 3.75. The van der Waals surface area contributed by atoms with Crippen molar-refractivity contribution in [2.24, 2.45) is 4.40 Å². The molecule has 1 aromatic heterocycles. The van der Waals surface area contributed by atoms with E-state index in [4.69, 9.17) is 0 Å². The zero-order valence-corrected chi connectivity index (χ0v) is 15.1. The van der Waals surface area contributed by atoms with Crippen molar-refractivity contribution >= 4 is 30.2 Å². The topological polar surface area (TPSA) is 46.5 Å². The van der Waals surface area contributed by atoms with E-state index in [-0.39, 0.29) is 14.5 Å². The minimum atomic E-state index is -3.38. The van der Waals surface area contributed by atoms with Gasteiger partial charge in [-0.05, 0) is 0 Å². The van der Waals surface area contributed by atoms with E-state index in [9.17, 15) is 8.42 Å². The van der Waals surface area contributed by atoms with Crippen molar-refractivity contribution in [3.05, 3.63) is 14.4 Å². The van der Waals surface area contributed by atoms with Crippen molar-refractivity contribution < 1.29 is 8.42 Å². The summed E-state index contributed by atoms with van der Waals surface area (Å²) in [5, 5.41) is 0. The van der Waals surface area contributed by atoms with Crippen LogP contribution in [0.2, 0.25) is 0 Å². The van der Waals surface area contributed by atoms with Gasteiger partial charge in [-0.25, -0.2) is 0 Å². The van der Waals surface area contributed by atoms with Gasteiger partial charge in [0.15, 0.2) is 0 Å². The maximum absolute atomic E-state index is 12.1. The molecule has 0 aliphatic carbocycles. The molecule has 0 fully saturated rings. The van der Waals surface area contributed by atoms with E-state index in [1.54, 1.807) is 0 Å². The summed E-state index contributed by atoms with van der Waals surface area (Å²) in [6, 6.07) is 0. The van der Waals surface area contributed by atoms with E-state index >= 15 is 0 Å². The molecule has 0 unspecified atom stereocenters. The molecule has 2 rings (SSSR count). The Bertz CT molecular complexity index is 614. The van der Waals surface area contributed by atoms with Crippen molar-refractivity contribution in [1.82, 2.24) is 0 Å². The molecule has 0 atom stereocenters. The first-order valence-electron chi connectivity index (χ1n) is 7.41. The van der Waals surface area contributed by atoms with Crippen LogP contribution in [0.4, 0.5) is 0 Å². The fourth-order valence-electron chi connectivity index (χ4n) is 2.79. The van der Waals surface area contributed by atoms with E-state index in [0.29, 0.717) is 4.90 Å². The number of hydrogen-bond donors (Lipinski definition) is 0.